The van der Waals surface area contributed by atoms with Crippen LogP contribution in [0.4, 0.5) is 5.82 Å². The van der Waals surface area contributed by atoms with E-state index in [0.717, 1.165) is 84.0 Å². The number of nitrogens with one attached hydrogen (secondary N) is 1. The van der Waals surface area contributed by atoms with Crippen LogP contribution in [0.3, 0.4) is 0 Å². The van der Waals surface area contributed by atoms with Gasteiger partial charge in [-0.25, -0.2) is 9.97 Å². The normalized spacial score (nSPS) is 31.6. The van der Waals surface area contributed by atoms with Crippen LogP contribution in [0.15, 0.2) is 18.5 Å². The Morgan fingerprint density at radius 3 is 2.52 bits per heavy atom. The second kappa shape index (κ2) is 7.74. The molecule has 3 heterocycles. The molecule has 0 unspecified atom stereocenters. The third-order valence-electron chi connectivity index (χ3n) is 8.82. The minimum absolute atomic E-state index is 0.266. The standard InChI is InChI=1S/C26H31ClN4O2/c27-21-7-24-23(32-15-33-24)6-19(21)11-31-2-1-20-22(12-31)29-14-30-25(20)28-13-26-8-16-3-17(9-26)5-18(4-16)10-26/h6-7,14,16-18H,1-5,8-13,15H2,(H,28,29,30). The van der Waals surface area contributed by atoms with Crippen molar-refractivity contribution in [2.24, 2.45) is 23.2 Å². The number of hydrogen-bond acceptors (Lipinski definition) is 6. The molecule has 4 saturated carbocycles. The molecule has 2 aliphatic heterocycles. The second-order valence-corrected chi connectivity index (χ2v) is 11.6. The number of rotatable bonds is 5. The fourth-order valence-corrected chi connectivity index (χ4v) is 8.01. The van der Waals surface area contributed by atoms with Crippen LogP contribution < -0.4 is 14.8 Å². The highest BCUT2D eigenvalue weighted by Crippen LogP contribution is 2.60. The molecule has 6 nitrogen and oxygen atoms in total. The van der Waals surface area contributed by atoms with E-state index in [4.69, 9.17) is 21.1 Å². The van der Waals surface area contributed by atoms with E-state index in [0.29, 0.717) is 5.41 Å². The minimum atomic E-state index is 0.266. The molecule has 8 rings (SSSR count). The zero-order chi connectivity index (χ0) is 22.0. The van der Waals surface area contributed by atoms with Gasteiger partial charge in [0.25, 0.3) is 0 Å². The number of anilines is 1. The first-order chi connectivity index (χ1) is 16.1. The Balaban J connectivity index is 1.05. The fraction of sp³-hybridized carbons (Fsp3) is 0.615. The van der Waals surface area contributed by atoms with Crippen LogP contribution in [0.2, 0.25) is 5.02 Å². The van der Waals surface area contributed by atoms with Crippen LogP contribution in [0.25, 0.3) is 0 Å². The van der Waals surface area contributed by atoms with Crippen LogP contribution in [0.5, 0.6) is 11.5 Å². The number of halogens is 1. The lowest BCUT2D eigenvalue weighted by atomic mass is 9.49. The molecule has 33 heavy (non-hydrogen) atoms. The highest BCUT2D eigenvalue weighted by atomic mass is 35.5. The Morgan fingerprint density at radius 1 is 1.03 bits per heavy atom. The first kappa shape index (κ1) is 20.3. The van der Waals surface area contributed by atoms with Gasteiger partial charge in [0, 0.05) is 42.8 Å². The predicted octanol–water partition coefficient (Wildman–Crippen LogP) is 5.05. The van der Waals surface area contributed by atoms with Crippen LogP contribution >= 0.6 is 11.6 Å². The molecule has 1 N–H and O–H groups in total. The molecule has 1 aromatic carbocycles. The van der Waals surface area contributed by atoms with Gasteiger partial charge in [0.05, 0.1) is 5.69 Å². The Kier molecular flexibility index (Phi) is 4.77. The first-order valence-corrected chi connectivity index (χ1v) is 12.9. The molecule has 1 aromatic heterocycles. The van der Waals surface area contributed by atoms with E-state index < -0.39 is 0 Å². The number of hydrogen-bond donors (Lipinski definition) is 1. The summed E-state index contributed by atoms with van der Waals surface area (Å²) in [6.45, 7) is 3.90. The van der Waals surface area contributed by atoms with Crippen molar-refractivity contribution < 1.29 is 9.47 Å². The van der Waals surface area contributed by atoms with Crippen molar-refractivity contribution in [2.45, 2.75) is 58.0 Å². The molecule has 0 saturated heterocycles. The summed E-state index contributed by atoms with van der Waals surface area (Å²) in [6.07, 6.45) is 11.4. The van der Waals surface area contributed by atoms with Gasteiger partial charge in [-0.1, -0.05) is 11.6 Å². The van der Waals surface area contributed by atoms with Crippen molar-refractivity contribution in [1.29, 1.82) is 0 Å². The van der Waals surface area contributed by atoms with Crippen molar-refractivity contribution in [2.75, 3.05) is 25.2 Å². The molecule has 4 bridgehead atoms. The maximum atomic E-state index is 6.52. The van der Waals surface area contributed by atoms with Gasteiger partial charge in [0.15, 0.2) is 11.5 Å². The lowest BCUT2D eigenvalue weighted by Crippen LogP contribution is -2.49. The predicted molar refractivity (Wildman–Crippen MR) is 127 cm³/mol. The first-order valence-electron chi connectivity index (χ1n) is 12.5. The average molecular weight is 467 g/mol. The quantitative estimate of drug-likeness (QED) is 0.665. The second-order valence-electron chi connectivity index (χ2n) is 11.2. The molecule has 0 spiro atoms. The van der Waals surface area contributed by atoms with Crippen LogP contribution in [0.1, 0.15) is 55.3 Å². The maximum absolute atomic E-state index is 6.52. The Labute approximate surface area is 200 Å². The van der Waals surface area contributed by atoms with Crippen molar-refractivity contribution in [1.82, 2.24) is 14.9 Å². The van der Waals surface area contributed by atoms with Crippen molar-refractivity contribution in [3.05, 3.63) is 40.3 Å². The molecule has 0 radical (unpaired) electrons. The zero-order valence-electron chi connectivity index (χ0n) is 19.0. The molecular weight excluding hydrogens is 436 g/mol. The fourth-order valence-electron chi connectivity index (χ4n) is 7.79. The molecule has 0 atom stereocenters. The van der Waals surface area contributed by atoms with Gasteiger partial charge in [0.1, 0.15) is 12.1 Å². The largest absolute Gasteiger partial charge is 0.454 e. The van der Waals surface area contributed by atoms with E-state index in [-0.39, 0.29) is 6.79 Å². The van der Waals surface area contributed by atoms with Crippen molar-refractivity contribution in [3.8, 4) is 11.5 Å². The molecular formula is C26H31ClN4O2. The number of ether oxygens (including phenoxy) is 2. The summed E-state index contributed by atoms with van der Waals surface area (Å²) in [5, 5.41) is 4.54. The molecule has 7 heteroatoms. The maximum Gasteiger partial charge on any atom is 0.231 e. The number of aromatic nitrogens is 2. The Hall–Kier alpha value is -2.05. The van der Waals surface area contributed by atoms with E-state index >= 15 is 0 Å². The van der Waals surface area contributed by atoms with Gasteiger partial charge >= 0.3 is 0 Å². The summed E-state index contributed by atoms with van der Waals surface area (Å²) >= 11 is 6.52. The molecule has 0 amide bonds. The van der Waals surface area contributed by atoms with Crippen LogP contribution in [-0.4, -0.2) is 34.8 Å². The third kappa shape index (κ3) is 3.66. The van der Waals surface area contributed by atoms with E-state index in [2.05, 4.69) is 20.2 Å². The van der Waals surface area contributed by atoms with E-state index in [1.807, 2.05) is 12.1 Å². The molecule has 4 fully saturated rings. The number of benzene rings is 1. The Bertz CT molecular complexity index is 1050. The van der Waals surface area contributed by atoms with Gasteiger partial charge < -0.3 is 14.8 Å². The SMILES string of the molecule is Clc1cc2c(cc1CN1CCc3c(ncnc3NCC34CC5CC(CC(C5)C3)C4)C1)OCO2. The topological polar surface area (TPSA) is 59.5 Å². The van der Waals surface area contributed by atoms with E-state index in [1.54, 1.807) is 6.33 Å². The van der Waals surface area contributed by atoms with Gasteiger partial charge in [-0.15, -0.1) is 0 Å². The van der Waals surface area contributed by atoms with Crippen LogP contribution in [-0.2, 0) is 19.5 Å². The van der Waals surface area contributed by atoms with Crippen molar-refractivity contribution in [3.63, 3.8) is 0 Å². The van der Waals surface area contributed by atoms with Gasteiger partial charge in [-0.05, 0) is 79.7 Å². The third-order valence-corrected chi connectivity index (χ3v) is 9.17. The van der Waals surface area contributed by atoms with Crippen LogP contribution in [0, 0.1) is 23.2 Å². The lowest BCUT2D eigenvalue weighted by molar-refractivity contribution is -0.0444. The average Bonchev–Trinajstić information content (AvgIpc) is 3.24. The van der Waals surface area contributed by atoms with E-state index in [9.17, 15) is 0 Å². The summed E-state index contributed by atoms with van der Waals surface area (Å²) in [5.74, 6) is 5.52. The van der Waals surface area contributed by atoms with Gasteiger partial charge in [0.2, 0.25) is 6.79 Å². The monoisotopic (exact) mass is 466 g/mol. The molecule has 4 aliphatic carbocycles. The minimum Gasteiger partial charge on any atom is -0.454 e. The molecule has 6 aliphatic rings. The smallest absolute Gasteiger partial charge is 0.231 e. The highest BCUT2D eigenvalue weighted by molar-refractivity contribution is 6.31. The number of fused-ring (bicyclic) bond motifs is 2. The summed E-state index contributed by atoms with van der Waals surface area (Å²) in [4.78, 5) is 11.7. The molecule has 2 aromatic rings. The highest BCUT2D eigenvalue weighted by Gasteiger charge is 2.50. The van der Waals surface area contributed by atoms with Gasteiger partial charge in [-0.2, -0.15) is 0 Å². The molecule has 174 valence electrons. The Morgan fingerprint density at radius 2 is 1.76 bits per heavy atom. The lowest BCUT2D eigenvalue weighted by Gasteiger charge is -2.57. The van der Waals surface area contributed by atoms with Gasteiger partial charge in [-0.3, -0.25) is 4.90 Å². The summed E-state index contributed by atoms with van der Waals surface area (Å²) in [5.41, 5.74) is 4.01. The summed E-state index contributed by atoms with van der Waals surface area (Å²) in [7, 11) is 0. The zero-order valence-corrected chi connectivity index (χ0v) is 19.7. The summed E-state index contributed by atoms with van der Waals surface area (Å²) in [6, 6.07) is 3.88. The van der Waals surface area contributed by atoms with E-state index in [1.165, 1.54) is 44.1 Å². The number of nitrogens with zero attached hydrogens (tertiary/aromatic N) is 3. The van der Waals surface area contributed by atoms with Crippen molar-refractivity contribution >= 4 is 17.4 Å². The summed E-state index contributed by atoms with van der Waals surface area (Å²) < 4.78 is 11.0.